The number of anilines is 2. The maximum Gasteiger partial charge on any atom is 0.262 e. The van der Waals surface area contributed by atoms with Crippen LogP contribution in [0.25, 0.3) is 0 Å². The Morgan fingerprint density at radius 1 is 1.38 bits per heavy atom. The Hall–Kier alpha value is -2.08. The summed E-state index contributed by atoms with van der Waals surface area (Å²) in [6, 6.07) is 5.11. The highest BCUT2D eigenvalue weighted by molar-refractivity contribution is 5.98. The van der Waals surface area contributed by atoms with E-state index in [4.69, 9.17) is 4.74 Å². The Kier molecular flexibility index (Phi) is 3.79. The fourth-order valence-electron chi connectivity index (χ4n) is 2.69. The van der Waals surface area contributed by atoms with Crippen molar-refractivity contribution in [1.82, 2.24) is 4.90 Å². The van der Waals surface area contributed by atoms with E-state index in [2.05, 4.69) is 15.5 Å². The number of nitrogens with one attached hydrogen (secondary N) is 2. The van der Waals surface area contributed by atoms with E-state index in [1.54, 1.807) is 18.2 Å². The third-order valence-corrected chi connectivity index (χ3v) is 3.95. The lowest BCUT2D eigenvalue weighted by Gasteiger charge is -2.23. The molecular weight excluding hydrogens is 270 g/mol. The average molecular weight is 289 g/mol. The van der Waals surface area contributed by atoms with E-state index in [1.165, 1.54) is 0 Å². The lowest BCUT2D eigenvalue weighted by molar-refractivity contribution is -0.120. The molecule has 6 heteroatoms. The molecule has 21 heavy (non-hydrogen) atoms. The molecule has 3 rings (SSSR count). The van der Waals surface area contributed by atoms with Crippen LogP contribution in [0.4, 0.5) is 11.4 Å². The smallest absolute Gasteiger partial charge is 0.262 e. The molecular formula is C15H19N3O3. The van der Waals surface area contributed by atoms with Gasteiger partial charge in [-0.2, -0.15) is 0 Å². The van der Waals surface area contributed by atoms with E-state index < -0.39 is 0 Å². The van der Waals surface area contributed by atoms with E-state index in [0.29, 0.717) is 17.1 Å². The lowest BCUT2D eigenvalue weighted by atomic mass is 10.2. The van der Waals surface area contributed by atoms with Gasteiger partial charge in [0.1, 0.15) is 5.75 Å². The zero-order chi connectivity index (χ0) is 14.8. The standard InChI is InChI=1S/C15H19N3O3/c1-10(18-6-2-3-7-18)15(20)16-11-4-5-12-13(8-11)21-9-14(19)17-12/h4-5,8,10H,2-3,6-7,9H2,1H3,(H,16,20)(H,17,19)/t10-/m1/s1. The molecule has 2 aliphatic rings. The zero-order valence-corrected chi connectivity index (χ0v) is 12.0. The molecule has 2 amide bonds. The van der Waals surface area contributed by atoms with Crippen molar-refractivity contribution < 1.29 is 14.3 Å². The number of likely N-dealkylation sites (tertiary alicyclic amines) is 1. The highest BCUT2D eigenvalue weighted by Gasteiger charge is 2.24. The van der Waals surface area contributed by atoms with Gasteiger partial charge in [0.2, 0.25) is 5.91 Å². The fraction of sp³-hybridized carbons (Fsp3) is 0.467. The summed E-state index contributed by atoms with van der Waals surface area (Å²) in [7, 11) is 0. The number of fused-ring (bicyclic) bond motifs is 1. The van der Waals surface area contributed by atoms with Gasteiger partial charge in [-0.3, -0.25) is 14.5 Å². The van der Waals surface area contributed by atoms with E-state index in [9.17, 15) is 9.59 Å². The minimum atomic E-state index is -0.165. The molecule has 0 radical (unpaired) electrons. The first kappa shape index (κ1) is 13.9. The van der Waals surface area contributed by atoms with Crippen molar-refractivity contribution in [2.75, 3.05) is 30.3 Å². The Morgan fingerprint density at radius 3 is 2.90 bits per heavy atom. The Morgan fingerprint density at radius 2 is 2.14 bits per heavy atom. The number of hydrogen-bond acceptors (Lipinski definition) is 4. The molecule has 0 spiro atoms. The molecule has 1 aromatic carbocycles. The van der Waals surface area contributed by atoms with Crippen LogP contribution >= 0.6 is 0 Å². The zero-order valence-electron chi connectivity index (χ0n) is 12.0. The Balaban J connectivity index is 1.67. The summed E-state index contributed by atoms with van der Waals surface area (Å²) in [5, 5.41) is 5.63. The second-order valence-electron chi connectivity index (χ2n) is 5.46. The van der Waals surface area contributed by atoms with Crippen molar-refractivity contribution in [2.24, 2.45) is 0 Å². The molecule has 0 saturated carbocycles. The van der Waals surface area contributed by atoms with Crippen LogP contribution in [0.2, 0.25) is 0 Å². The van der Waals surface area contributed by atoms with Crippen LogP contribution in [0.5, 0.6) is 5.75 Å². The van der Waals surface area contributed by atoms with Gasteiger partial charge in [0, 0.05) is 11.8 Å². The first-order chi connectivity index (χ1) is 10.1. The molecule has 1 fully saturated rings. The average Bonchev–Trinajstić information content (AvgIpc) is 3.00. The minimum Gasteiger partial charge on any atom is -0.482 e. The summed E-state index contributed by atoms with van der Waals surface area (Å²) >= 11 is 0. The van der Waals surface area contributed by atoms with Crippen molar-refractivity contribution in [3.05, 3.63) is 18.2 Å². The van der Waals surface area contributed by atoms with Crippen LogP contribution in [-0.2, 0) is 9.59 Å². The largest absolute Gasteiger partial charge is 0.482 e. The third-order valence-electron chi connectivity index (χ3n) is 3.95. The third kappa shape index (κ3) is 3.00. The van der Waals surface area contributed by atoms with Crippen LogP contribution in [0.1, 0.15) is 19.8 Å². The number of benzene rings is 1. The van der Waals surface area contributed by atoms with Crippen molar-refractivity contribution >= 4 is 23.2 Å². The van der Waals surface area contributed by atoms with E-state index in [-0.39, 0.29) is 24.5 Å². The quantitative estimate of drug-likeness (QED) is 0.883. The number of nitrogens with zero attached hydrogens (tertiary/aromatic N) is 1. The van der Waals surface area contributed by atoms with Gasteiger partial charge in [-0.15, -0.1) is 0 Å². The molecule has 112 valence electrons. The normalized spacial score (nSPS) is 19.4. The maximum absolute atomic E-state index is 12.3. The molecule has 2 aliphatic heterocycles. The van der Waals surface area contributed by atoms with Crippen LogP contribution in [0, 0.1) is 0 Å². The summed E-state index contributed by atoms with van der Waals surface area (Å²) in [5.74, 6) is 0.403. The van der Waals surface area contributed by atoms with Crippen LogP contribution in [-0.4, -0.2) is 42.5 Å². The van der Waals surface area contributed by atoms with Gasteiger partial charge in [0.25, 0.3) is 5.91 Å². The van der Waals surface area contributed by atoms with Gasteiger partial charge in [0.05, 0.1) is 11.7 Å². The molecule has 0 unspecified atom stereocenters. The van der Waals surface area contributed by atoms with Gasteiger partial charge < -0.3 is 15.4 Å². The van der Waals surface area contributed by atoms with Crippen molar-refractivity contribution in [1.29, 1.82) is 0 Å². The lowest BCUT2D eigenvalue weighted by Crippen LogP contribution is -2.40. The van der Waals surface area contributed by atoms with E-state index >= 15 is 0 Å². The summed E-state index contributed by atoms with van der Waals surface area (Å²) in [6.45, 7) is 3.90. The van der Waals surface area contributed by atoms with Crippen LogP contribution in [0.3, 0.4) is 0 Å². The van der Waals surface area contributed by atoms with Gasteiger partial charge in [-0.25, -0.2) is 0 Å². The number of amides is 2. The predicted octanol–water partition coefficient (Wildman–Crippen LogP) is 1.44. The van der Waals surface area contributed by atoms with Crippen molar-refractivity contribution in [3.8, 4) is 5.75 Å². The number of rotatable bonds is 3. The first-order valence-electron chi connectivity index (χ1n) is 7.25. The van der Waals surface area contributed by atoms with Crippen molar-refractivity contribution in [2.45, 2.75) is 25.8 Å². The predicted molar refractivity (Wildman–Crippen MR) is 79.5 cm³/mol. The first-order valence-corrected chi connectivity index (χ1v) is 7.25. The number of hydrogen-bond donors (Lipinski definition) is 2. The minimum absolute atomic E-state index is 0.00851. The van der Waals surface area contributed by atoms with E-state index in [1.807, 2.05) is 6.92 Å². The van der Waals surface area contributed by atoms with Crippen LogP contribution in [0.15, 0.2) is 18.2 Å². The SMILES string of the molecule is C[C@H](C(=O)Nc1ccc2c(c1)OCC(=O)N2)N1CCCC1. The highest BCUT2D eigenvalue weighted by atomic mass is 16.5. The van der Waals surface area contributed by atoms with E-state index in [0.717, 1.165) is 25.9 Å². The molecule has 2 N–H and O–H groups in total. The van der Waals surface area contributed by atoms with Gasteiger partial charge in [-0.05, 0) is 45.0 Å². The molecule has 0 aliphatic carbocycles. The summed E-state index contributed by atoms with van der Waals surface area (Å²) in [5.41, 5.74) is 1.32. The molecule has 1 saturated heterocycles. The van der Waals surface area contributed by atoms with Gasteiger partial charge in [-0.1, -0.05) is 0 Å². The molecule has 0 bridgehead atoms. The summed E-state index contributed by atoms with van der Waals surface area (Å²) in [6.07, 6.45) is 2.31. The second kappa shape index (κ2) is 5.73. The molecule has 2 heterocycles. The number of carbonyl (C=O) groups is 2. The number of ether oxygens (including phenoxy) is 1. The highest BCUT2D eigenvalue weighted by Crippen LogP contribution is 2.30. The molecule has 1 atom stereocenters. The Labute approximate surface area is 123 Å². The maximum atomic E-state index is 12.3. The number of carbonyl (C=O) groups excluding carboxylic acids is 2. The van der Waals surface area contributed by atoms with Crippen LogP contribution < -0.4 is 15.4 Å². The Bertz CT molecular complexity index is 567. The molecule has 1 aromatic rings. The molecule has 6 nitrogen and oxygen atoms in total. The van der Waals surface area contributed by atoms with Gasteiger partial charge >= 0.3 is 0 Å². The fourth-order valence-corrected chi connectivity index (χ4v) is 2.69. The summed E-state index contributed by atoms with van der Waals surface area (Å²) in [4.78, 5) is 25.7. The second-order valence-corrected chi connectivity index (χ2v) is 5.46. The monoisotopic (exact) mass is 289 g/mol. The summed E-state index contributed by atoms with van der Waals surface area (Å²) < 4.78 is 5.34. The topological polar surface area (TPSA) is 70.7 Å². The van der Waals surface area contributed by atoms with Gasteiger partial charge in [0.15, 0.2) is 6.61 Å². The molecule has 0 aromatic heterocycles. The van der Waals surface area contributed by atoms with Crippen molar-refractivity contribution in [3.63, 3.8) is 0 Å².